The van der Waals surface area contributed by atoms with E-state index in [9.17, 15) is 4.79 Å². The maximum absolute atomic E-state index is 11.3. The monoisotopic (exact) mass is 199 g/mol. The predicted octanol–water partition coefficient (Wildman–Crippen LogP) is 1.08. The summed E-state index contributed by atoms with van der Waals surface area (Å²) in [6.07, 6.45) is 1.71. The van der Waals surface area contributed by atoms with Crippen LogP contribution in [0.5, 0.6) is 0 Å². The van der Waals surface area contributed by atoms with Crippen molar-refractivity contribution in [3.63, 3.8) is 0 Å². The summed E-state index contributed by atoms with van der Waals surface area (Å²) in [5.74, 6) is -0.00213. The molecule has 4 nitrogen and oxygen atoms in total. The number of thiazole rings is 1. The van der Waals surface area contributed by atoms with Crippen molar-refractivity contribution >= 4 is 22.4 Å². The fourth-order valence-electron chi connectivity index (χ4n) is 0.873. The zero-order valence-electron chi connectivity index (χ0n) is 7.70. The lowest BCUT2D eigenvalue weighted by atomic mass is 10.3. The highest BCUT2D eigenvalue weighted by Gasteiger charge is 2.11. The number of amides is 1. The Labute approximate surface area is 81.4 Å². The van der Waals surface area contributed by atoms with Crippen LogP contribution in [0.3, 0.4) is 0 Å². The fraction of sp³-hybridized carbons (Fsp3) is 0.500. The van der Waals surface area contributed by atoms with Gasteiger partial charge in [0.2, 0.25) is 5.91 Å². The SMILES string of the molecule is CCNC(=O)C(C)Nc1nccs1. The smallest absolute Gasteiger partial charge is 0.242 e. The Hall–Kier alpha value is -1.10. The molecule has 0 aliphatic heterocycles. The zero-order chi connectivity index (χ0) is 9.68. The lowest BCUT2D eigenvalue weighted by Gasteiger charge is -2.11. The van der Waals surface area contributed by atoms with Gasteiger partial charge in [0, 0.05) is 18.1 Å². The summed E-state index contributed by atoms with van der Waals surface area (Å²) in [6, 6.07) is -0.230. The number of anilines is 1. The van der Waals surface area contributed by atoms with Gasteiger partial charge in [0.15, 0.2) is 5.13 Å². The average Bonchev–Trinajstić information content (AvgIpc) is 2.57. The highest BCUT2D eigenvalue weighted by molar-refractivity contribution is 7.13. The topological polar surface area (TPSA) is 54.0 Å². The van der Waals surface area contributed by atoms with Crippen LogP contribution >= 0.6 is 11.3 Å². The van der Waals surface area contributed by atoms with E-state index in [0.717, 1.165) is 5.13 Å². The molecule has 1 heterocycles. The molecule has 0 spiro atoms. The Bertz CT molecular complexity index is 260. The van der Waals surface area contributed by atoms with E-state index in [1.807, 2.05) is 19.2 Å². The van der Waals surface area contributed by atoms with Crippen molar-refractivity contribution in [2.75, 3.05) is 11.9 Å². The molecule has 1 aromatic heterocycles. The molecule has 5 heteroatoms. The second kappa shape index (κ2) is 4.81. The van der Waals surface area contributed by atoms with E-state index in [1.54, 1.807) is 6.20 Å². The van der Waals surface area contributed by atoms with E-state index < -0.39 is 0 Å². The van der Waals surface area contributed by atoms with E-state index in [-0.39, 0.29) is 11.9 Å². The Morgan fingerprint density at radius 3 is 3.08 bits per heavy atom. The highest BCUT2D eigenvalue weighted by Crippen LogP contribution is 2.11. The highest BCUT2D eigenvalue weighted by atomic mass is 32.1. The van der Waals surface area contributed by atoms with Crippen molar-refractivity contribution in [2.45, 2.75) is 19.9 Å². The predicted molar refractivity (Wildman–Crippen MR) is 53.9 cm³/mol. The molecular formula is C8H13N3OS. The molecule has 0 saturated carbocycles. The molecule has 0 aliphatic carbocycles. The van der Waals surface area contributed by atoms with Crippen LogP contribution in [0.25, 0.3) is 0 Å². The van der Waals surface area contributed by atoms with E-state index in [1.165, 1.54) is 11.3 Å². The molecule has 1 atom stereocenters. The summed E-state index contributed by atoms with van der Waals surface area (Å²) < 4.78 is 0. The molecule has 1 rings (SSSR count). The van der Waals surface area contributed by atoms with E-state index >= 15 is 0 Å². The van der Waals surface area contributed by atoms with Crippen molar-refractivity contribution in [2.24, 2.45) is 0 Å². The Morgan fingerprint density at radius 1 is 1.77 bits per heavy atom. The van der Waals surface area contributed by atoms with Crippen molar-refractivity contribution in [3.05, 3.63) is 11.6 Å². The lowest BCUT2D eigenvalue weighted by Crippen LogP contribution is -2.37. The van der Waals surface area contributed by atoms with Gasteiger partial charge in [-0.1, -0.05) is 0 Å². The first-order chi connectivity index (χ1) is 6.24. The number of aromatic nitrogens is 1. The second-order valence-electron chi connectivity index (χ2n) is 2.60. The van der Waals surface area contributed by atoms with Crippen LogP contribution in [-0.4, -0.2) is 23.5 Å². The van der Waals surface area contributed by atoms with Crippen LogP contribution in [-0.2, 0) is 4.79 Å². The molecule has 0 aliphatic rings. The molecule has 13 heavy (non-hydrogen) atoms. The quantitative estimate of drug-likeness (QED) is 0.763. The van der Waals surface area contributed by atoms with Gasteiger partial charge in [-0.3, -0.25) is 4.79 Å². The second-order valence-corrected chi connectivity index (χ2v) is 3.49. The molecule has 0 fully saturated rings. The molecule has 1 aromatic rings. The van der Waals surface area contributed by atoms with E-state index in [4.69, 9.17) is 0 Å². The minimum absolute atomic E-state index is 0.00213. The fourth-order valence-corrected chi connectivity index (χ4v) is 1.49. The van der Waals surface area contributed by atoms with E-state index in [2.05, 4.69) is 15.6 Å². The standard InChI is InChI=1S/C8H13N3OS/c1-3-9-7(12)6(2)11-8-10-4-5-13-8/h4-6H,3H2,1-2H3,(H,9,12)(H,10,11). The van der Waals surface area contributed by atoms with Crippen molar-refractivity contribution in [3.8, 4) is 0 Å². The van der Waals surface area contributed by atoms with Crippen molar-refractivity contribution < 1.29 is 4.79 Å². The van der Waals surface area contributed by atoms with Gasteiger partial charge < -0.3 is 10.6 Å². The Morgan fingerprint density at radius 2 is 2.54 bits per heavy atom. The van der Waals surface area contributed by atoms with Crippen LogP contribution < -0.4 is 10.6 Å². The molecule has 2 N–H and O–H groups in total. The maximum Gasteiger partial charge on any atom is 0.242 e. The van der Waals surface area contributed by atoms with Gasteiger partial charge in [-0.2, -0.15) is 0 Å². The Balaban J connectivity index is 2.41. The Kier molecular flexibility index (Phi) is 3.70. The first kappa shape index (κ1) is 9.98. The van der Waals surface area contributed by atoms with Crippen LogP contribution in [0.15, 0.2) is 11.6 Å². The van der Waals surface area contributed by atoms with Crippen LogP contribution in [0.2, 0.25) is 0 Å². The third-order valence-electron chi connectivity index (χ3n) is 1.52. The van der Waals surface area contributed by atoms with Gasteiger partial charge in [0.25, 0.3) is 0 Å². The number of likely N-dealkylation sites (N-methyl/N-ethyl adjacent to an activating group) is 1. The largest absolute Gasteiger partial charge is 0.355 e. The van der Waals surface area contributed by atoms with Gasteiger partial charge in [-0.25, -0.2) is 4.98 Å². The first-order valence-corrected chi connectivity index (χ1v) is 5.05. The summed E-state index contributed by atoms with van der Waals surface area (Å²) in [6.45, 7) is 4.36. The third-order valence-corrected chi connectivity index (χ3v) is 2.22. The number of nitrogens with one attached hydrogen (secondary N) is 2. The summed E-state index contributed by atoms with van der Waals surface area (Å²) in [5.41, 5.74) is 0. The lowest BCUT2D eigenvalue weighted by molar-refractivity contribution is -0.121. The van der Waals surface area contributed by atoms with Gasteiger partial charge in [-0.15, -0.1) is 11.3 Å². The summed E-state index contributed by atoms with van der Waals surface area (Å²) in [4.78, 5) is 15.3. The first-order valence-electron chi connectivity index (χ1n) is 4.17. The molecule has 0 saturated heterocycles. The van der Waals surface area contributed by atoms with Crippen LogP contribution in [0.1, 0.15) is 13.8 Å². The molecule has 1 unspecified atom stereocenters. The number of rotatable bonds is 4. The van der Waals surface area contributed by atoms with Crippen LogP contribution in [0.4, 0.5) is 5.13 Å². The molecule has 0 bridgehead atoms. The molecule has 1 amide bonds. The van der Waals surface area contributed by atoms with Gasteiger partial charge in [0.05, 0.1) is 0 Å². The maximum atomic E-state index is 11.3. The number of nitrogens with zero attached hydrogens (tertiary/aromatic N) is 1. The molecule has 0 aromatic carbocycles. The zero-order valence-corrected chi connectivity index (χ0v) is 8.52. The van der Waals surface area contributed by atoms with Crippen molar-refractivity contribution in [1.29, 1.82) is 0 Å². The summed E-state index contributed by atoms with van der Waals surface area (Å²) in [5, 5.41) is 8.38. The minimum atomic E-state index is -0.230. The summed E-state index contributed by atoms with van der Waals surface area (Å²) in [7, 11) is 0. The van der Waals surface area contributed by atoms with Gasteiger partial charge >= 0.3 is 0 Å². The number of carbonyl (C=O) groups excluding carboxylic acids is 1. The van der Waals surface area contributed by atoms with Gasteiger partial charge in [0.1, 0.15) is 6.04 Å². The molecule has 0 radical (unpaired) electrons. The molecule has 72 valence electrons. The van der Waals surface area contributed by atoms with Crippen molar-refractivity contribution in [1.82, 2.24) is 10.3 Å². The van der Waals surface area contributed by atoms with Gasteiger partial charge in [-0.05, 0) is 13.8 Å². The molecular weight excluding hydrogens is 186 g/mol. The number of carbonyl (C=O) groups is 1. The van der Waals surface area contributed by atoms with E-state index in [0.29, 0.717) is 6.54 Å². The number of hydrogen-bond donors (Lipinski definition) is 2. The third kappa shape index (κ3) is 3.02. The normalized spacial score (nSPS) is 12.2. The summed E-state index contributed by atoms with van der Waals surface area (Å²) >= 11 is 1.48. The number of hydrogen-bond acceptors (Lipinski definition) is 4. The average molecular weight is 199 g/mol. The minimum Gasteiger partial charge on any atom is -0.355 e. The van der Waals surface area contributed by atoms with Crippen LogP contribution in [0, 0.1) is 0 Å².